The number of amides is 1. The van der Waals surface area contributed by atoms with Crippen LogP contribution in [0.3, 0.4) is 0 Å². The summed E-state index contributed by atoms with van der Waals surface area (Å²) in [6.07, 6.45) is 0. The van der Waals surface area contributed by atoms with Crippen molar-refractivity contribution in [2.24, 2.45) is 0 Å². The van der Waals surface area contributed by atoms with Crippen LogP contribution in [0, 0.1) is 6.92 Å². The molecule has 22 heavy (non-hydrogen) atoms. The molecule has 0 bridgehead atoms. The maximum atomic E-state index is 12.1. The Morgan fingerprint density at radius 3 is 3.00 bits per heavy atom. The number of H-pyrrole nitrogens is 1. The summed E-state index contributed by atoms with van der Waals surface area (Å²) in [5.41, 5.74) is 2.36. The number of imidazole rings is 1. The monoisotopic (exact) mass is 336 g/mol. The Balaban J connectivity index is 1.69. The highest BCUT2D eigenvalue weighted by Gasteiger charge is 2.18. The Hall–Kier alpha value is -1.99. The predicted octanol–water partition coefficient (Wildman–Crippen LogP) is 3.63. The number of halogens is 1. The van der Waals surface area contributed by atoms with Crippen molar-refractivity contribution in [2.45, 2.75) is 24.3 Å². The van der Waals surface area contributed by atoms with Gasteiger partial charge in [0.05, 0.1) is 22.0 Å². The maximum absolute atomic E-state index is 12.1. The Bertz CT molecular complexity index is 829. The smallest absolute Gasteiger partial charge is 0.240 e. The number of aromatic nitrogens is 3. The fourth-order valence-electron chi connectivity index (χ4n) is 1.88. The van der Waals surface area contributed by atoms with E-state index in [0.29, 0.717) is 21.8 Å². The largest absolute Gasteiger partial charge is 0.338 e. The number of thioether (sulfide) groups is 1. The third-order valence-electron chi connectivity index (χ3n) is 2.95. The average molecular weight is 337 g/mol. The molecule has 0 spiro atoms. The van der Waals surface area contributed by atoms with E-state index in [4.69, 9.17) is 16.1 Å². The third-order valence-corrected chi connectivity index (χ3v) is 4.17. The summed E-state index contributed by atoms with van der Waals surface area (Å²) in [6.45, 7) is 3.58. The summed E-state index contributed by atoms with van der Waals surface area (Å²) in [7, 11) is 0. The first-order valence-electron chi connectivity index (χ1n) is 6.57. The van der Waals surface area contributed by atoms with Crippen LogP contribution in [0.1, 0.15) is 12.6 Å². The lowest BCUT2D eigenvalue weighted by Gasteiger charge is -2.07. The predicted molar refractivity (Wildman–Crippen MR) is 86.3 cm³/mol. The zero-order valence-corrected chi connectivity index (χ0v) is 13.5. The van der Waals surface area contributed by atoms with Crippen molar-refractivity contribution in [1.82, 2.24) is 15.1 Å². The molecule has 0 saturated heterocycles. The zero-order valence-electron chi connectivity index (χ0n) is 11.9. The van der Waals surface area contributed by atoms with Crippen LogP contribution >= 0.6 is 23.4 Å². The molecule has 0 aliphatic carbocycles. The lowest BCUT2D eigenvalue weighted by Crippen LogP contribution is -2.22. The van der Waals surface area contributed by atoms with Gasteiger partial charge in [0.2, 0.25) is 11.8 Å². The Kier molecular flexibility index (Phi) is 4.08. The molecule has 0 radical (unpaired) electrons. The van der Waals surface area contributed by atoms with Crippen LogP contribution in [0.4, 0.5) is 5.88 Å². The summed E-state index contributed by atoms with van der Waals surface area (Å²) >= 11 is 7.27. The van der Waals surface area contributed by atoms with Crippen LogP contribution in [0.25, 0.3) is 11.0 Å². The number of carbonyl (C=O) groups is 1. The number of benzene rings is 1. The maximum Gasteiger partial charge on any atom is 0.240 e. The molecule has 0 fully saturated rings. The fourth-order valence-corrected chi connectivity index (χ4v) is 2.87. The number of carbonyl (C=O) groups excluding carboxylic acids is 1. The molecule has 0 saturated carbocycles. The minimum atomic E-state index is -0.346. The molecule has 114 valence electrons. The van der Waals surface area contributed by atoms with Gasteiger partial charge in [0.25, 0.3) is 0 Å². The molecule has 3 rings (SSSR count). The van der Waals surface area contributed by atoms with Crippen molar-refractivity contribution in [1.29, 1.82) is 0 Å². The van der Waals surface area contributed by atoms with Gasteiger partial charge in [-0.3, -0.25) is 10.1 Å². The number of anilines is 1. The summed E-state index contributed by atoms with van der Waals surface area (Å²) < 4.78 is 4.97. The molecular weight excluding hydrogens is 324 g/mol. The molecule has 1 atom stereocenters. The van der Waals surface area contributed by atoms with Gasteiger partial charge in [0, 0.05) is 11.1 Å². The summed E-state index contributed by atoms with van der Waals surface area (Å²) in [5.74, 6) is 0.158. The first-order valence-corrected chi connectivity index (χ1v) is 7.83. The lowest BCUT2D eigenvalue weighted by atomic mass is 10.3. The van der Waals surface area contributed by atoms with E-state index in [1.807, 2.05) is 6.07 Å². The Morgan fingerprint density at radius 2 is 2.27 bits per heavy atom. The van der Waals surface area contributed by atoms with Gasteiger partial charge in [0.1, 0.15) is 0 Å². The van der Waals surface area contributed by atoms with E-state index in [9.17, 15) is 4.79 Å². The molecule has 2 N–H and O–H groups in total. The van der Waals surface area contributed by atoms with Crippen molar-refractivity contribution < 1.29 is 9.32 Å². The number of aryl methyl sites for hydroxylation is 1. The topological polar surface area (TPSA) is 83.8 Å². The number of hydrogen-bond acceptors (Lipinski definition) is 5. The summed E-state index contributed by atoms with van der Waals surface area (Å²) in [6, 6.07) is 7.08. The average Bonchev–Trinajstić information content (AvgIpc) is 3.04. The molecule has 8 heteroatoms. The van der Waals surface area contributed by atoms with Gasteiger partial charge in [-0.05, 0) is 32.0 Å². The molecule has 1 unspecified atom stereocenters. The first kappa shape index (κ1) is 14.9. The van der Waals surface area contributed by atoms with E-state index in [2.05, 4.69) is 20.4 Å². The van der Waals surface area contributed by atoms with E-state index in [-0.39, 0.29) is 11.2 Å². The van der Waals surface area contributed by atoms with Crippen LogP contribution in [-0.4, -0.2) is 26.3 Å². The molecule has 1 amide bonds. The van der Waals surface area contributed by atoms with Crippen molar-refractivity contribution in [2.75, 3.05) is 5.32 Å². The molecule has 3 aromatic rings. The van der Waals surface area contributed by atoms with Gasteiger partial charge < -0.3 is 9.51 Å². The molecule has 2 aromatic heterocycles. The fraction of sp³-hybridized carbons (Fsp3) is 0.214. The number of fused-ring (bicyclic) bond motifs is 1. The quantitative estimate of drug-likeness (QED) is 0.711. The lowest BCUT2D eigenvalue weighted by molar-refractivity contribution is -0.115. The summed E-state index contributed by atoms with van der Waals surface area (Å²) in [5, 5.41) is 7.35. The van der Waals surface area contributed by atoms with E-state index in [1.54, 1.807) is 32.0 Å². The molecule has 0 aliphatic rings. The minimum Gasteiger partial charge on any atom is -0.338 e. The Labute approximate surface area is 135 Å². The van der Waals surface area contributed by atoms with Gasteiger partial charge >= 0.3 is 0 Å². The van der Waals surface area contributed by atoms with Crippen molar-refractivity contribution in [3.8, 4) is 0 Å². The van der Waals surface area contributed by atoms with Crippen LogP contribution < -0.4 is 5.32 Å². The highest BCUT2D eigenvalue weighted by Crippen LogP contribution is 2.25. The first-order chi connectivity index (χ1) is 10.5. The van der Waals surface area contributed by atoms with Gasteiger partial charge in [-0.25, -0.2) is 4.98 Å². The highest BCUT2D eigenvalue weighted by molar-refractivity contribution is 8.00. The second-order valence-electron chi connectivity index (χ2n) is 4.79. The van der Waals surface area contributed by atoms with Gasteiger partial charge in [-0.2, -0.15) is 0 Å². The van der Waals surface area contributed by atoms with E-state index in [1.165, 1.54) is 11.8 Å². The van der Waals surface area contributed by atoms with Crippen molar-refractivity contribution in [3.63, 3.8) is 0 Å². The second kappa shape index (κ2) is 6.02. The van der Waals surface area contributed by atoms with Gasteiger partial charge in [-0.1, -0.05) is 28.5 Å². The molecule has 6 nitrogen and oxygen atoms in total. The number of aromatic amines is 1. The molecule has 1 aromatic carbocycles. The van der Waals surface area contributed by atoms with Gasteiger partial charge in [-0.15, -0.1) is 0 Å². The van der Waals surface area contributed by atoms with E-state index in [0.717, 1.165) is 11.0 Å². The normalized spacial score (nSPS) is 12.5. The number of hydrogen-bond donors (Lipinski definition) is 2. The summed E-state index contributed by atoms with van der Waals surface area (Å²) in [4.78, 5) is 19.7. The second-order valence-corrected chi connectivity index (χ2v) is 6.55. The third kappa shape index (κ3) is 3.26. The number of nitrogens with one attached hydrogen (secondary N) is 2. The SMILES string of the molecule is Cc1cc(NC(=O)C(C)Sc2nc3ccc(Cl)cc3[nH]2)on1. The molecule has 0 aliphatic heterocycles. The van der Waals surface area contributed by atoms with Crippen LogP contribution in [0.2, 0.25) is 5.02 Å². The standard InChI is InChI=1S/C14H13ClN4O2S/c1-7-5-12(21-19-7)18-13(20)8(2)22-14-16-10-4-3-9(15)6-11(10)17-14/h3-6,8H,1-2H3,(H,16,17)(H,18,20). The number of rotatable bonds is 4. The minimum absolute atomic E-state index is 0.181. The van der Waals surface area contributed by atoms with Crippen molar-refractivity contribution in [3.05, 3.63) is 35.0 Å². The number of nitrogens with zero attached hydrogens (tertiary/aromatic N) is 2. The van der Waals surface area contributed by atoms with Crippen LogP contribution in [0.5, 0.6) is 0 Å². The highest BCUT2D eigenvalue weighted by atomic mass is 35.5. The molecule has 2 heterocycles. The van der Waals surface area contributed by atoms with E-state index >= 15 is 0 Å². The van der Waals surface area contributed by atoms with Crippen LogP contribution in [-0.2, 0) is 4.79 Å². The zero-order chi connectivity index (χ0) is 15.7. The van der Waals surface area contributed by atoms with Crippen LogP contribution in [0.15, 0.2) is 33.9 Å². The van der Waals surface area contributed by atoms with Gasteiger partial charge in [0.15, 0.2) is 5.16 Å². The van der Waals surface area contributed by atoms with E-state index < -0.39 is 0 Å². The van der Waals surface area contributed by atoms with Crippen molar-refractivity contribution >= 4 is 46.2 Å². The molecular formula is C14H13ClN4O2S. The Morgan fingerprint density at radius 1 is 1.45 bits per heavy atom.